The molecule has 6 nitrogen and oxygen atoms in total. The van der Waals surface area contributed by atoms with Crippen molar-refractivity contribution in [2.24, 2.45) is 5.92 Å². The van der Waals surface area contributed by atoms with Crippen LogP contribution in [0.4, 0.5) is 0 Å². The Bertz CT molecular complexity index is 1070. The number of esters is 1. The number of likely N-dealkylation sites (tertiary alicyclic amines) is 1. The summed E-state index contributed by atoms with van der Waals surface area (Å²) in [4.78, 5) is 29.3. The van der Waals surface area contributed by atoms with Crippen molar-refractivity contribution in [1.29, 1.82) is 0 Å². The lowest BCUT2D eigenvalue weighted by atomic mass is 9.56. The Morgan fingerprint density at radius 2 is 1.87 bits per heavy atom. The van der Waals surface area contributed by atoms with Crippen LogP contribution in [0.5, 0.6) is 5.75 Å². The van der Waals surface area contributed by atoms with E-state index < -0.39 is 0 Å². The van der Waals surface area contributed by atoms with E-state index in [2.05, 4.69) is 42.3 Å². The maximum Gasteiger partial charge on any atom is 0.308 e. The number of hydrogen-bond acceptors (Lipinski definition) is 5. The molecule has 0 spiro atoms. The molecule has 2 aliphatic rings. The zero-order chi connectivity index (χ0) is 27.1. The summed E-state index contributed by atoms with van der Waals surface area (Å²) in [6.07, 6.45) is 7.49. The number of amides is 1. The molecule has 0 aromatic heterocycles. The summed E-state index contributed by atoms with van der Waals surface area (Å²) < 4.78 is 11.6. The molecule has 1 amide bonds. The fraction of sp³-hybridized carbons (Fsp3) is 0.562. The zero-order valence-electron chi connectivity index (χ0n) is 23.5. The third kappa shape index (κ3) is 6.65. The predicted octanol–water partition coefficient (Wildman–Crippen LogP) is 5.24. The number of aryl methyl sites for hydroxylation is 1. The van der Waals surface area contributed by atoms with E-state index in [9.17, 15) is 9.59 Å². The topological polar surface area (TPSA) is 59.1 Å². The van der Waals surface area contributed by atoms with Gasteiger partial charge in [0, 0.05) is 51.4 Å². The number of piperidine rings is 1. The van der Waals surface area contributed by atoms with E-state index in [1.54, 1.807) is 7.11 Å². The number of fused-ring (bicyclic) bond motifs is 1. The molecule has 2 aromatic carbocycles. The van der Waals surface area contributed by atoms with Gasteiger partial charge in [0.15, 0.2) is 0 Å². The number of ether oxygens (including phenoxy) is 2. The van der Waals surface area contributed by atoms with Crippen LogP contribution in [0.25, 0.3) is 0 Å². The second-order valence-electron chi connectivity index (χ2n) is 11.3. The Hall–Kier alpha value is -2.70. The van der Waals surface area contributed by atoms with Crippen molar-refractivity contribution in [2.45, 2.75) is 75.9 Å². The van der Waals surface area contributed by atoms with Crippen molar-refractivity contribution in [1.82, 2.24) is 9.80 Å². The van der Waals surface area contributed by atoms with Gasteiger partial charge in [-0.15, -0.1) is 0 Å². The first-order valence-electron chi connectivity index (χ1n) is 14.1. The van der Waals surface area contributed by atoms with Crippen LogP contribution < -0.4 is 4.74 Å². The lowest BCUT2D eigenvalue weighted by molar-refractivity contribution is -0.137. The van der Waals surface area contributed by atoms with Crippen LogP contribution >= 0.6 is 0 Å². The molecule has 1 aliphatic carbocycles. The van der Waals surface area contributed by atoms with Crippen LogP contribution in [0.15, 0.2) is 54.6 Å². The molecule has 0 N–H and O–H groups in total. The number of unbranched alkanes of at least 4 members (excludes halogenated alkanes) is 2. The van der Waals surface area contributed by atoms with Crippen molar-refractivity contribution < 1.29 is 19.1 Å². The highest BCUT2D eigenvalue weighted by Crippen LogP contribution is 2.51. The van der Waals surface area contributed by atoms with Gasteiger partial charge in [-0.3, -0.25) is 9.59 Å². The standard InChI is InChI=1S/C32H44N2O4/c1-24(35)38-28-16-11-15-26(20-28)32-18-19-33(2)23-29(32)30(37-4)21-27(22-32)34(3)31(36)17-10-6-9-14-25-12-7-5-8-13-25/h5,7-8,11-13,15-16,20,27,29-30H,6,9-10,14,17-19,21-23H2,1-4H3. The number of carbonyl (C=O) groups is 2. The second-order valence-corrected chi connectivity index (χ2v) is 11.3. The van der Waals surface area contributed by atoms with Crippen molar-refractivity contribution in [2.75, 3.05) is 34.3 Å². The minimum Gasteiger partial charge on any atom is -0.427 e. The van der Waals surface area contributed by atoms with Crippen molar-refractivity contribution >= 4 is 11.9 Å². The molecule has 1 saturated carbocycles. The normalized spacial score (nSPS) is 25.4. The highest BCUT2D eigenvalue weighted by molar-refractivity contribution is 5.76. The predicted molar refractivity (Wildman–Crippen MR) is 150 cm³/mol. The molecular formula is C32H44N2O4. The van der Waals surface area contributed by atoms with E-state index >= 15 is 0 Å². The van der Waals surface area contributed by atoms with Gasteiger partial charge in [0.1, 0.15) is 5.75 Å². The minimum absolute atomic E-state index is 0.0509. The molecule has 206 valence electrons. The molecule has 0 bridgehead atoms. The molecule has 4 atom stereocenters. The maximum atomic E-state index is 13.3. The van der Waals surface area contributed by atoms with Gasteiger partial charge >= 0.3 is 5.97 Å². The number of nitrogens with zero attached hydrogens (tertiary/aromatic N) is 2. The summed E-state index contributed by atoms with van der Waals surface area (Å²) in [5.74, 6) is 0.791. The summed E-state index contributed by atoms with van der Waals surface area (Å²) in [5, 5.41) is 0. The average molecular weight is 521 g/mol. The third-order valence-electron chi connectivity index (χ3n) is 8.82. The largest absolute Gasteiger partial charge is 0.427 e. The van der Waals surface area contributed by atoms with Gasteiger partial charge in [0.2, 0.25) is 5.91 Å². The monoisotopic (exact) mass is 520 g/mol. The quantitative estimate of drug-likeness (QED) is 0.244. The Balaban J connectivity index is 1.46. The van der Waals surface area contributed by atoms with Gasteiger partial charge < -0.3 is 19.3 Å². The molecule has 1 aliphatic heterocycles. The first kappa shape index (κ1) is 28.3. The first-order chi connectivity index (χ1) is 18.3. The number of benzene rings is 2. The van der Waals surface area contributed by atoms with E-state index in [-0.39, 0.29) is 29.4 Å². The molecule has 38 heavy (non-hydrogen) atoms. The van der Waals surface area contributed by atoms with Crippen molar-refractivity contribution in [3.63, 3.8) is 0 Å². The van der Waals surface area contributed by atoms with Crippen molar-refractivity contribution in [3.8, 4) is 5.75 Å². The van der Waals surface area contributed by atoms with E-state index in [0.717, 1.165) is 58.0 Å². The summed E-state index contributed by atoms with van der Waals surface area (Å²) in [6.45, 7) is 3.36. The Morgan fingerprint density at radius 1 is 1.08 bits per heavy atom. The number of carbonyl (C=O) groups excluding carboxylic acids is 2. The van der Waals surface area contributed by atoms with Crippen LogP contribution in [-0.4, -0.2) is 68.1 Å². The van der Waals surface area contributed by atoms with E-state index in [1.165, 1.54) is 18.1 Å². The average Bonchev–Trinajstić information content (AvgIpc) is 2.92. The smallest absolute Gasteiger partial charge is 0.308 e. The number of hydrogen-bond donors (Lipinski definition) is 0. The SMILES string of the molecule is COC1CC(N(C)C(=O)CCCCCc2ccccc2)CC2(c3cccc(OC(C)=O)c3)CCN(C)CC12. The third-order valence-corrected chi connectivity index (χ3v) is 8.82. The van der Waals surface area contributed by atoms with Crippen LogP contribution in [0.1, 0.15) is 63.0 Å². The van der Waals surface area contributed by atoms with Gasteiger partial charge in [-0.05, 0) is 75.4 Å². The highest BCUT2D eigenvalue weighted by atomic mass is 16.5. The van der Waals surface area contributed by atoms with Gasteiger partial charge in [0.25, 0.3) is 0 Å². The van der Waals surface area contributed by atoms with Gasteiger partial charge in [-0.2, -0.15) is 0 Å². The molecule has 2 fully saturated rings. The van der Waals surface area contributed by atoms with Crippen LogP contribution in [-0.2, 0) is 26.2 Å². The Kier molecular flexibility index (Phi) is 9.61. The minimum atomic E-state index is -0.315. The Labute approximate surface area is 228 Å². The van der Waals surface area contributed by atoms with Crippen molar-refractivity contribution in [3.05, 3.63) is 65.7 Å². The van der Waals surface area contributed by atoms with Gasteiger partial charge in [0.05, 0.1) is 6.10 Å². The van der Waals surface area contributed by atoms with E-state index in [1.807, 2.05) is 36.2 Å². The molecule has 1 saturated heterocycles. The summed E-state index contributed by atoms with van der Waals surface area (Å²) >= 11 is 0. The van der Waals surface area contributed by atoms with Gasteiger partial charge in [-0.1, -0.05) is 48.9 Å². The molecule has 0 radical (unpaired) electrons. The molecule has 6 heteroatoms. The number of methoxy groups -OCH3 is 1. The summed E-state index contributed by atoms with van der Waals surface area (Å²) in [7, 11) is 5.95. The number of rotatable bonds is 10. The lowest BCUT2D eigenvalue weighted by Crippen LogP contribution is -2.61. The lowest BCUT2D eigenvalue weighted by Gasteiger charge is -2.56. The van der Waals surface area contributed by atoms with E-state index in [0.29, 0.717) is 18.1 Å². The van der Waals surface area contributed by atoms with E-state index in [4.69, 9.17) is 9.47 Å². The van der Waals surface area contributed by atoms with Crippen LogP contribution in [0.2, 0.25) is 0 Å². The molecular weight excluding hydrogens is 476 g/mol. The fourth-order valence-corrected chi connectivity index (χ4v) is 6.71. The first-order valence-corrected chi connectivity index (χ1v) is 14.1. The summed E-state index contributed by atoms with van der Waals surface area (Å²) in [6, 6.07) is 18.7. The summed E-state index contributed by atoms with van der Waals surface area (Å²) in [5.41, 5.74) is 2.40. The second kappa shape index (κ2) is 12.9. The molecule has 2 aromatic rings. The molecule has 4 rings (SSSR count). The maximum absolute atomic E-state index is 13.3. The highest BCUT2D eigenvalue weighted by Gasteiger charge is 2.53. The Morgan fingerprint density at radius 3 is 2.61 bits per heavy atom. The van der Waals surface area contributed by atoms with Crippen LogP contribution in [0.3, 0.4) is 0 Å². The van der Waals surface area contributed by atoms with Gasteiger partial charge in [-0.25, -0.2) is 0 Å². The van der Waals surface area contributed by atoms with Crippen LogP contribution in [0, 0.1) is 5.92 Å². The molecule has 4 unspecified atom stereocenters. The fourth-order valence-electron chi connectivity index (χ4n) is 6.71. The zero-order valence-corrected chi connectivity index (χ0v) is 23.5. The molecule has 1 heterocycles.